The first kappa shape index (κ1) is 12.1. The van der Waals surface area contributed by atoms with E-state index in [0.29, 0.717) is 12.1 Å². The average Bonchev–Trinajstić information content (AvgIpc) is 2.90. The molecule has 3 fully saturated rings. The molecule has 3 aliphatic rings. The zero-order valence-corrected chi connectivity index (χ0v) is 11.3. The van der Waals surface area contributed by atoms with Gasteiger partial charge in [0.05, 0.1) is 12.2 Å². The summed E-state index contributed by atoms with van der Waals surface area (Å²) in [6.07, 6.45) is 4.20. The summed E-state index contributed by atoms with van der Waals surface area (Å²) < 4.78 is 2.01. The maximum atomic E-state index is 4.40. The van der Waals surface area contributed by atoms with Crippen LogP contribution in [0.1, 0.15) is 18.5 Å². The molecule has 2 bridgehead atoms. The third-order valence-corrected chi connectivity index (χ3v) is 4.35. The Morgan fingerprint density at radius 1 is 1.39 bits per heavy atom. The molecule has 2 unspecified atom stereocenters. The van der Waals surface area contributed by atoms with E-state index < -0.39 is 0 Å². The maximum Gasteiger partial charge on any atom is 0.0538 e. The zero-order valence-electron chi connectivity index (χ0n) is 11.3. The summed E-state index contributed by atoms with van der Waals surface area (Å²) in [7, 11) is 2.06. The SMILES string of the molecule is CCn1cc(C(NC)C2CN3CCN2CC3)cn1. The van der Waals surface area contributed by atoms with Crippen LogP contribution in [0.4, 0.5) is 0 Å². The largest absolute Gasteiger partial charge is 0.312 e. The lowest BCUT2D eigenvalue weighted by Crippen LogP contribution is -2.63. The van der Waals surface area contributed by atoms with Crippen LogP contribution in [-0.4, -0.2) is 65.4 Å². The third-order valence-electron chi connectivity index (χ3n) is 4.35. The lowest BCUT2D eigenvalue weighted by molar-refractivity contribution is -0.00255. The highest BCUT2D eigenvalue weighted by Gasteiger charge is 2.37. The van der Waals surface area contributed by atoms with Gasteiger partial charge in [-0.2, -0.15) is 5.10 Å². The summed E-state index contributed by atoms with van der Waals surface area (Å²) in [5, 5.41) is 7.89. The van der Waals surface area contributed by atoms with Crippen molar-refractivity contribution in [3.63, 3.8) is 0 Å². The lowest BCUT2D eigenvalue weighted by Gasteiger charge is -2.50. The van der Waals surface area contributed by atoms with Gasteiger partial charge in [-0.15, -0.1) is 0 Å². The standard InChI is InChI=1S/C13H23N5/c1-3-18-9-11(8-15-18)13(14-2)12-10-16-4-6-17(12)7-5-16/h8-9,12-14H,3-7,10H2,1-2H3. The quantitative estimate of drug-likeness (QED) is 0.825. The van der Waals surface area contributed by atoms with E-state index in [4.69, 9.17) is 0 Å². The second-order valence-corrected chi connectivity index (χ2v) is 5.30. The fourth-order valence-electron chi connectivity index (χ4n) is 3.27. The third kappa shape index (κ3) is 2.06. The number of nitrogens with zero attached hydrogens (tertiary/aromatic N) is 4. The summed E-state index contributed by atoms with van der Waals surface area (Å²) in [6.45, 7) is 9.15. The van der Waals surface area contributed by atoms with Crippen LogP contribution in [0.25, 0.3) is 0 Å². The van der Waals surface area contributed by atoms with E-state index in [-0.39, 0.29) is 0 Å². The molecule has 0 saturated carbocycles. The first-order chi connectivity index (χ1) is 8.81. The molecule has 5 nitrogen and oxygen atoms in total. The Morgan fingerprint density at radius 2 is 2.17 bits per heavy atom. The van der Waals surface area contributed by atoms with Crippen molar-refractivity contribution in [2.24, 2.45) is 0 Å². The molecule has 0 aromatic carbocycles. The minimum Gasteiger partial charge on any atom is -0.312 e. The predicted molar refractivity (Wildman–Crippen MR) is 71.5 cm³/mol. The average molecular weight is 249 g/mol. The van der Waals surface area contributed by atoms with Crippen molar-refractivity contribution < 1.29 is 0 Å². The van der Waals surface area contributed by atoms with Gasteiger partial charge >= 0.3 is 0 Å². The van der Waals surface area contributed by atoms with Gasteiger partial charge in [-0.05, 0) is 14.0 Å². The van der Waals surface area contributed by atoms with E-state index >= 15 is 0 Å². The number of hydrogen-bond acceptors (Lipinski definition) is 4. The van der Waals surface area contributed by atoms with Crippen LogP contribution < -0.4 is 5.32 Å². The minimum atomic E-state index is 0.397. The number of nitrogens with one attached hydrogen (secondary N) is 1. The van der Waals surface area contributed by atoms with Crippen LogP contribution in [-0.2, 0) is 6.54 Å². The molecule has 4 rings (SSSR count). The van der Waals surface area contributed by atoms with Crippen LogP contribution >= 0.6 is 0 Å². The summed E-state index contributed by atoms with van der Waals surface area (Å²) in [4.78, 5) is 5.21. The van der Waals surface area contributed by atoms with Crippen molar-refractivity contribution in [1.82, 2.24) is 24.9 Å². The fraction of sp³-hybridized carbons (Fsp3) is 0.769. The van der Waals surface area contributed by atoms with Crippen LogP contribution in [0.15, 0.2) is 12.4 Å². The number of hydrogen-bond donors (Lipinski definition) is 1. The number of fused-ring (bicyclic) bond motifs is 3. The first-order valence-electron chi connectivity index (χ1n) is 6.98. The number of rotatable bonds is 4. The second kappa shape index (κ2) is 4.99. The Balaban J connectivity index is 1.79. The molecule has 100 valence electrons. The summed E-state index contributed by atoms with van der Waals surface area (Å²) >= 11 is 0. The van der Waals surface area contributed by atoms with Crippen LogP contribution in [0.2, 0.25) is 0 Å². The molecule has 3 saturated heterocycles. The molecule has 18 heavy (non-hydrogen) atoms. The van der Waals surface area contributed by atoms with Gasteiger partial charge in [-0.25, -0.2) is 0 Å². The molecule has 1 aromatic rings. The van der Waals surface area contributed by atoms with E-state index in [9.17, 15) is 0 Å². The molecule has 1 N–H and O–H groups in total. The first-order valence-corrected chi connectivity index (χ1v) is 6.98. The molecule has 4 heterocycles. The molecule has 0 spiro atoms. The summed E-state index contributed by atoms with van der Waals surface area (Å²) in [6, 6.07) is 0.986. The van der Waals surface area contributed by atoms with Crippen molar-refractivity contribution in [2.45, 2.75) is 25.6 Å². The number of likely N-dealkylation sites (N-methyl/N-ethyl adjacent to an activating group) is 1. The molecule has 2 atom stereocenters. The normalized spacial score (nSPS) is 32.7. The minimum absolute atomic E-state index is 0.397. The van der Waals surface area contributed by atoms with Crippen molar-refractivity contribution in [3.8, 4) is 0 Å². The van der Waals surface area contributed by atoms with Gasteiger partial charge in [-0.1, -0.05) is 0 Å². The molecule has 0 radical (unpaired) electrons. The van der Waals surface area contributed by atoms with Crippen LogP contribution in [0.3, 0.4) is 0 Å². The van der Waals surface area contributed by atoms with Gasteiger partial charge in [0, 0.05) is 57.1 Å². The van der Waals surface area contributed by atoms with E-state index in [1.54, 1.807) is 0 Å². The summed E-state index contributed by atoms with van der Waals surface area (Å²) in [5.74, 6) is 0. The monoisotopic (exact) mass is 249 g/mol. The van der Waals surface area contributed by atoms with Gasteiger partial charge in [0.1, 0.15) is 0 Å². The Morgan fingerprint density at radius 3 is 2.67 bits per heavy atom. The molecule has 5 heteroatoms. The van der Waals surface area contributed by atoms with E-state index in [1.165, 1.54) is 38.3 Å². The van der Waals surface area contributed by atoms with E-state index in [0.717, 1.165) is 6.54 Å². The lowest BCUT2D eigenvalue weighted by atomic mass is 9.96. The predicted octanol–water partition coefficient (Wildman–Crippen LogP) is 0.163. The maximum absolute atomic E-state index is 4.40. The second-order valence-electron chi connectivity index (χ2n) is 5.30. The number of piperazine rings is 3. The fourth-order valence-corrected chi connectivity index (χ4v) is 3.27. The zero-order chi connectivity index (χ0) is 12.5. The van der Waals surface area contributed by atoms with Crippen molar-refractivity contribution in [3.05, 3.63) is 18.0 Å². The highest BCUT2D eigenvalue weighted by molar-refractivity contribution is 5.15. The van der Waals surface area contributed by atoms with Crippen molar-refractivity contribution in [2.75, 3.05) is 39.8 Å². The Kier molecular flexibility index (Phi) is 3.37. The Bertz CT molecular complexity index is 394. The highest BCUT2D eigenvalue weighted by atomic mass is 15.4. The summed E-state index contributed by atoms with van der Waals surface area (Å²) in [5.41, 5.74) is 1.32. The van der Waals surface area contributed by atoms with Gasteiger partial charge in [0.15, 0.2) is 0 Å². The van der Waals surface area contributed by atoms with Gasteiger partial charge in [0.2, 0.25) is 0 Å². The molecular formula is C13H23N5. The Labute approximate surface area is 109 Å². The smallest absolute Gasteiger partial charge is 0.0538 e. The number of aryl methyl sites for hydroxylation is 1. The van der Waals surface area contributed by atoms with Crippen LogP contribution in [0, 0.1) is 0 Å². The van der Waals surface area contributed by atoms with Gasteiger partial charge in [-0.3, -0.25) is 14.5 Å². The van der Waals surface area contributed by atoms with E-state index in [1.807, 2.05) is 10.9 Å². The van der Waals surface area contributed by atoms with E-state index in [2.05, 4.69) is 40.4 Å². The topological polar surface area (TPSA) is 36.3 Å². The molecular weight excluding hydrogens is 226 g/mol. The molecule has 0 amide bonds. The van der Waals surface area contributed by atoms with Gasteiger partial charge in [0.25, 0.3) is 0 Å². The van der Waals surface area contributed by atoms with Crippen LogP contribution in [0.5, 0.6) is 0 Å². The molecule has 1 aromatic heterocycles. The van der Waals surface area contributed by atoms with Crippen molar-refractivity contribution in [1.29, 1.82) is 0 Å². The van der Waals surface area contributed by atoms with Crippen molar-refractivity contribution >= 4 is 0 Å². The van der Waals surface area contributed by atoms with Gasteiger partial charge < -0.3 is 5.32 Å². The Hall–Kier alpha value is -0.910. The highest BCUT2D eigenvalue weighted by Crippen LogP contribution is 2.26. The number of aromatic nitrogens is 2. The molecule has 0 aliphatic carbocycles. The molecule has 3 aliphatic heterocycles.